The van der Waals surface area contributed by atoms with Gasteiger partial charge < -0.3 is 10.0 Å². The number of aromatic carboxylic acids is 1. The lowest BCUT2D eigenvalue weighted by molar-refractivity contribution is 0.0696. The number of nitrogens with zero attached hydrogens (tertiary/aromatic N) is 4. The average Bonchev–Trinajstić information content (AvgIpc) is 2.91. The third-order valence-corrected chi connectivity index (χ3v) is 4.63. The van der Waals surface area contributed by atoms with Crippen LogP contribution in [0.25, 0.3) is 0 Å². The normalized spacial score (nSPS) is 23.7. The van der Waals surface area contributed by atoms with E-state index in [0.29, 0.717) is 16.5 Å². The van der Waals surface area contributed by atoms with Crippen LogP contribution < -0.4 is 4.90 Å². The Labute approximate surface area is 120 Å². The minimum absolute atomic E-state index is 0.272. The smallest absolute Gasteiger partial charge is 0.342 e. The van der Waals surface area contributed by atoms with Crippen molar-refractivity contribution in [2.45, 2.75) is 18.9 Å². The molecule has 0 aliphatic carbocycles. The van der Waals surface area contributed by atoms with E-state index < -0.39 is 5.97 Å². The largest absolute Gasteiger partial charge is 0.477 e. The van der Waals surface area contributed by atoms with Gasteiger partial charge in [0, 0.05) is 32.7 Å². The Morgan fingerprint density at radius 1 is 1.42 bits per heavy atom. The van der Waals surface area contributed by atoms with E-state index in [0.717, 1.165) is 19.6 Å². The fourth-order valence-corrected chi connectivity index (χ4v) is 3.80. The number of anilines is 1. The minimum Gasteiger partial charge on any atom is -0.477 e. The average molecular weight is 329 g/mol. The number of carboxylic acid groups (broad SMARTS) is 1. The molecule has 0 aromatic carbocycles. The number of halogens is 1. The van der Waals surface area contributed by atoms with Crippen LogP contribution >= 0.6 is 15.9 Å². The maximum absolute atomic E-state index is 11.4. The predicted octanol–water partition coefficient (Wildman–Crippen LogP) is 1.17. The van der Waals surface area contributed by atoms with Crippen LogP contribution in [-0.4, -0.2) is 58.0 Å². The van der Waals surface area contributed by atoms with Gasteiger partial charge in [0.2, 0.25) is 0 Å². The highest BCUT2D eigenvalue weighted by Gasteiger charge is 2.34. The molecule has 6 nitrogen and oxygen atoms in total. The summed E-state index contributed by atoms with van der Waals surface area (Å²) in [6, 6.07) is 0.559. The van der Waals surface area contributed by atoms with E-state index in [1.807, 2.05) is 0 Å². The zero-order valence-electron chi connectivity index (χ0n) is 10.8. The Balaban J connectivity index is 1.92. The third kappa shape index (κ3) is 2.14. The molecular formula is C12H17BrN4O2. The fraction of sp³-hybridized carbons (Fsp3) is 0.667. The van der Waals surface area contributed by atoms with Crippen molar-refractivity contribution < 1.29 is 9.90 Å². The summed E-state index contributed by atoms with van der Waals surface area (Å²) in [5.41, 5.74) is 0.272. The van der Waals surface area contributed by atoms with Crippen molar-refractivity contribution in [1.82, 2.24) is 14.7 Å². The SMILES string of the molecule is Cn1nc(Br)c(C(=O)O)c1N1CCN2CCCC2C1. The molecule has 1 aromatic heterocycles. The second kappa shape index (κ2) is 4.79. The monoisotopic (exact) mass is 328 g/mol. The maximum Gasteiger partial charge on any atom is 0.342 e. The number of hydrogen-bond acceptors (Lipinski definition) is 4. The predicted molar refractivity (Wildman–Crippen MR) is 74.7 cm³/mol. The fourth-order valence-electron chi connectivity index (χ4n) is 3.21. The Kier molecular flexibility index (Phi) is 3.26. The van der Waals surface area contributed by atoms with E-state index >= 15 is 0 Å². The molecule has 7 heteroatoms. The lowest BCUT2D eigenvalue weighted by Gasteiger charge is -2.38. The first-order valence-electron chi connectivity index (χ1n) is 6.52. The third-order valence-electron chi connectivity index (χ3n) is 4.07. The van der Waals surface area contributed by atoms with Crippen LogP contribution in [0.1, 0.15) is 23.2 Å². The van der Waals surface area contributed by atoms with Gasteiger partial charge in [-0.1, -0.05) is 0 Å². The molecule has 3 rings (SSSR count). The Hall–Kier alpha value is -1.08. The molecule has 1 N–H and O–H groups in total. The van der Waals surface area contributed by atoms with Crippen molar-refractivity contribution in [1.29, 1.82) is 0 Å². The standard InChI is InChI=1S/C12H17BrN4O2/c1-15-11(9(12(18)19)10(13)14-15)17-6-5-16-4-2-3-8(16)7-17/h8H,2-7H2,1H3,(H,18,19). The van der Waals surface area contributed by atoms with Gasteiger partial charge in [0.05, 0.1) is 0 Å². The number of carbonyl (C=O) groups is 1. The summed E-state index contributed by atoms with van der Waals surface area (Å²) in [5.74, 6) is -0.213. The summed E-state index contributed by atoms with van der Waals surface area (Å²) >= 11 is 3.24. The van der Waals surface area contributed by atoms with Crippen molar-refractivity contribution >= 4 is 27.7 Å². The first kappa shape index (κ1) is 12.9. The minimum atomic E-state index is -0.927. The highest BCUT2D eigenvalue weighted by atomic mass is 79.9. The zero-order valence-corrected chi connectivity index (χ0v) is 12.4. The van der Waals surface area contributed by atoms with E-state index in [2.05, 4.69) is 30.8 Å². The highest BCUT2D eigenvalue weighted by Crippen LogP contribution is 2.31. The van der Waals surface area contributed by atoms with Crippen molar-refractivity contribution in [3.8, 4) is 0 Å². The molecule has 0 radical (unpaired) electrons. The van der Waals surface area contributed by atoms with Crippen LogP contribution in [0.15, 0.2) is 4.60 Å². The summed E-state index contributed by atoms with van der Waals surface area (Å²) in [6.07, 6.45) is 2.46. The second-order valence-electron chi connectivity index (χ2n) is 5.20. The van der Waals surface area contributed by atoms with Crippen LogP contribution in [-0.2, 0) is 7.05 Å². The Morgan fingerprint density at radius 2 is 2.21 bits per heavy atom. The van der Waals surface area contributed by atoms with Crippen molar-refractivity contribution in [3.05, 3.63) is 10.2 Å². The second-order valence-corrected chi connectivity index (χ2v) is 5.95. The van der Waals surface area contributed by atoms with Gasteiger partial charge in [0.25, 0.3) is 0 Å². The number of aromatic nitrogens is 2. The summed E-state index contributed by atoms with van der Waals surface area (Å²) in [4.78, 5) is 16.1. The highest BCUT2D eigenvalue weighted by molar-refractivity contribution is 9.10. The molecule has 0 amide bonds. The topological polar surface area (TPSA) is 61.6 Å². The summed E-state index contributed by atoms with van der Waals surface area (Å²) in [6.45, 7) is 3.95. The van der Waals surface area contributed by atoms with Crippen LogP contribution in [0.4, 0.5) is 5.82 Å². The number of aryl methyl sites for hydroxylation is 1. The molecule has 19 heavy (non-hydrogen) atoms. The van der Waals surface area contributed by atoms with E-state index in [4.69, 9.17) is 0 Å². The molecule has 1 aromatic rings. The van der Waals surface area contributed by atoms with Gasteiger partial charge in [-0.2, -0.15) is 5.10 Å². The molecule has 2 saturated heterocycles. The number of carboxylic acids is 1. The molecule has 1 atom stereocenters. The molecule has 0 spiro atoms. The van der Waals surface area contributed by atoms with Crippen LogP contribution in [0.2, 0.25) is 0 Å². The molecule has 3 heterocycles. The molecular weight excluding hydrogens is 312 g/mol. The van der Waals surface area contributed by atoms with Gasteiger partial charge in [0.15, 0.2) is 0 Å². The molecule has 104 valence electrons. The maximum atomic E-state index is 11.4. The Morgan fingerprint density at radius 3 is 2.95 bits per heavy atom. The van der Waals surface area contributed by atoms with Gasteiger partial charge in [0.1, 0.15) is 16.0 Å². The molecule has 0 saturated carbocycles. The van der Waals surface area contributed by atoms with Gasteiger partial charge >= 0.3 is 5.97 Å². The van der Waals surface area contributed by atoms with Crippen LogP contribution in [0.3, 0.4) is 0 Å². The van der Waals surface area contributed by atoms with E-state index in [-0.39, 0.29) is 5.56 Å². The lowest BCUT2D eigenvalue weighted by atomic mass is 10.1. The summed E-state index contributed by atoms with van der Waals surface area (Å²) in [7, 11) is 1.80. The van der Waals surface area contributed by atoms with Crippen LogP contribution in [0, 0.1) is 0 Å². The molecule has 2 fully saturated rings. The number of piperazine rings is 1. The number of rotatable bonds is 2. The van der Waals surface area contributed by atoms with Gasteiger partial charge in [-0.25, -0.2) is 4.79 Å². The molecule has 1 unspecified atom stereocenters. The zero-order chi connectivity index (χ0) is 13.6. The Bertz CT molecular complexity index is 516. The summed E-state index contributed by atoms with van der Waals surface area (Å²) < 4.78 is 2.07. The van der Waals surface area contributed by atoms with Crippen molar-refractivity contribution in [2.24, 2.45) is 7.05 Å². The molecule has 0 bridgehead atoms. The summed E-state index contributed by atoms with van der Waals surface area (Å²) in [5, 5.41) is 13.5. The number of hydrogen-bond donors (Lipinski definition) is 1. The van der Waals surface area contributed by atoms with Crippen molar-refractivity contribution in [3.63, 3.8) is 0 Å². The number of fused-ring (bicyclic) bond motifs is 1. The van der Waals surface area contributed by atoms with Crippen LogP contribution in [0.5, 0.6) is 0 Å². The van der Waals surface area contributed by atoms with Gasteiger partial charge in [-0.05, 0) is 35.3 Å². The van der Waals surface area contributed by atoms with E-state index in [9.17, 15) is 9.90 Å². The first-order valence-corrected chi connectivity index (χ1v) is 7.32. The van der Waals surface area contributed by atoms with Gasteiger partial charge in [-0.3, -0.25) is 9.58 Å². The lowest BCUT2D eigenvalue weighted by Crippen LogP contribution is -2.51. The van der Waals surface area contributed by atoms with E-state index in [1.54, 1.807) is 11.7 Å². The molecule has 2 aliphatic rings. The quantitative estimate of drug-likeness (QED) is 0.882. The van der Waals surface area contributed by atoms with E-state index in [1.165, 1.54) is 19.4 Å². The van der Waals surface area contributed by atoms with Crippen molar-refractivity contribution in [2.75, 3.05) is 31.1 Å². The molecule has 2 aliphatic heterocycles. The van der Waals surface area contributed by atoms with Gasteiger partial charge in [-0.15, -0.1) is 0 Å². The first-order chi connectivity index (χ1) is 9.08.